The van der Waals surface area contributed by atoms with E-state index < -0.39 is 10.8 Å². The summed E-state index contributed by atoms with van der Waals surface area (Å²) >= 11 is 7.25. The molecule has 0 heterocycles. The molecule has 0 saturated carbocycles. The van der Waals surface area contributed by atoms with E-state index in [4.69, 9.17) is 11.6 Å². The molecule has 5 nitrogen and oxygen atoms in total. The van der Waals surface area contributed by atoms with Crippen molar-refractivity contribution < 1.29 is 14.1 Å². The molecule has 126 valence electrons. The maximum Gasteiger partial charge on any atom is 0.282 e. The minimum Gasteiger partial charge on any atom is -0.351 e. The molecule has 0 fully saturated rings. The Hall–Kier alpha value is -2.12. The number of hydrogen-bond donors (Lipinski definition) is 1. The van der Waals surface area contributed by atoms with Crippen LogP contribution in [0.15, 0.2) is 42.5 Å². The van der Waals surface area contributed by atoms with E-state index in [-0.39, 0.29) is 22.1 Å². The minimum absolute atomic E-state index is 0.0772. The molecule has 0 aromatic heterocycles. The van der Waals surface area contributed by atoms with Crippen LogP contribution in [0.4, 0.5) is 10.1 Å². The van der Waals surface area contributed by atoms with E-state index in [9.17, 15) is 19.3 Å². The third-order valence-corrected chi connectivity index (χ3v) is 4.39. The van der Waals surface area contributed by atoms with Gasteiger partial charge in [-0.15, -0.1) is 0 Å². The Labute approximate surface area is 147 Å². The van der Waals surface area contributed by atoms with Gasteiger partial charge in [-0.2, -0.15) is 11.8 Å². The quantitative estimate of drug-likeness (QED) is 0.454. The third kappa shape index (κ3) is 4.94. The summed E-state index contributed by atoms with van der Waals surface area (Å²) in [6.45, 7) is 0.307. The molecule has 0 spiro atoms. The van der Waals surface area contributed by atoms with Crippen molar-refractivity contribution in [3.05, 3.63) is 74.5 Å². The highest BCUT2D eigenvalue weighted by Gasteiger charge is 2.20. The molecule has 0 aliphatic carbocycles. The average Bonchev–Trinajstić information content (AvgIpc) is 2.55. The fraction of sp³-hybridized carbons (Fsp3) is 0.188. The summed E-state index contributed by atoms with van der Waals surface area (Å²) in [6, 6.07) is 10.3. The first-order valence-electron chi connectivity index (χ1n) is 7.02. The first-order chi connectivity index (χ1) is 11.5. The molecule has 0 bridgehead atoms. The Kier molecular flexibility index (Phi) is 6.57. The van der Waals surface area contributed by atoms with E-state index in [1.807, 2.05) is 0 Å². The van der Waals surface area contributed by atoms with Crippen molar-refractivity contribution in [3.8, 4) is 0 Å². The van der Waals surface area contributed by atoms with E-state index in [2.05, 4.69) is 5.32 Å². The van der Waals surface area contributed by atoms with Crippen molar-refractivity contribution in [1.82, 2.24) is 5.32 Å². The van der Waals surface area contributed by atoms with E-state index in [1.165, 1.54) is 36.0 Å². The predicted molar refractivity (Wildman–Crippen MR) is 93.0 cm³/mol. The van der Waals surface area contributed by atoms with Gasteiger partial charge in [0.05, 0.1) is 4.92 Å². The van der Waals surface area contributed by atoms with Gasteiger partial charge in [0.25, 0.3) is 11.6 Å². The van der Waals surface area contributed by atoms with Crippen molar-refractivity contribution in [1.29, 1.82) is 0 Å². The van der Waals surface area contributed by atoms with Gasteiger partial charge in [-0.05, 0) is 23.8 Å². The molecular formula is C16H14ClFN2O3S. The fourth-order valence-electron chi connectivity index (χ4n) is 1.98. The molecule has 2 aromatic rings. The molecule has 0 saturated heterocycles. The van der Waals surface area contributed by atoms with Crippen LogP contribution in [0.3, 0.4) is 0 Å². The lowest BCUT2D eigenvalue weighted by atomic mass is 10.1. The number of carbonyl (C=O) groups is 1. The number of halogens is 2. The Balaban J connectivity index is 1.85. The maximum absolute atomic E-state index is 13.4. The van der Waals surface area contributed by atoms with Crippen molar-refractivity contribution in [3.63, 3.8) is 0 Å². The zero-order valence-electron chi connectivity index (χ0n) is 12.5. The molecule has 8 heteroatoms. The number of nitrogens with one attached hydrogen (secondary N) is 1. The number of thioether (sulfide) groups is 1. The van der Waals surface area contributed by atoms with Crippen molar-refractivity contribution in [2.45, 2.75) is 5.75 Å². The molecule has 1 N–H and O–H groups in total. The largest absolute Gasteiger partial charge is 0.351 e. The highest BCUT2D eigenvalue weighted by atomic mass is 35.5. The Morgan fingerprint density at radius 1 is 1.29 bits per heavy atom. The molecule has 2 rings (SSSR count). The first-order valence-corrected chi connectivity index (χ1v) is 8.55. The van der Waals surface area contributed by atoms with Crippen LogP contribution in [0, 0.1) is 15.9 Å². The van der Waals surface area contributed by atoms with E-state index in [0.29, 0.717) is 23.6 Å². The van der Waals surface area contributed by atoms with Gasteiger partial charge in [-0.25, -0.2) is 4.39 Å². The summed E-state index contributed by atoms with van der Waals surface area (Å²) in [5.41, 5.74) is 0.224. The summed E-state index contributed by atoms with van der Waals surface area (Å²) < 4.78 is 13.4. The van der Waals surface area contributed by atoms with Gasteiger partial charge in [0.15, 0.2) is 0 Å². The van der Waals surface area contributed by atoms with Gasteiger partial charge in [0, 0.05) is 29.1 Å². The second-order valence-electron chi connectivity index (χ2n) is 4.82. The van der Waals surface area contributed by atoms with Gasteiger partial charge in [-0.1, -0.05) is 29.8 Å². The molecular weight excluding hydrogens is 355 g/mol. The molecule has 1 amide bonds. The normalized spacial score (nSPS) is 10.4. The molecule has 0 aliphatic heterocycles. The van der Waals surface area contributed by atoms with Gasteiger partial charge >= 0.3 is 0 Å². The van der Waals surface area contributed by atoms with Gasteiger partial charge in [0.1, 0.15) is 11.4 Å². The Morgan fingerprint density at radius 3 is 2.75 bits per heavy atom. The number of nitro benzene ring substituents is 1. The molecule has 0 unspecified atom stereocenters. The summed E-state index contributed by atoms with van der Waals surface area (Å²) in [6.07, 6.45) is 0. The number of carbonyl (C=O) groups excluding carboxylic acids is 1. The number of hydrogen-bond acceptors (Lipinski definition) is 4. The summed E-state index contributed by atoms with van der Waals surface area (Å²) in [4.78, 5) is 22.4. The number of benzene rings is 2. The highest BCUT2D eigenvalue weighted by molar-refractivity contribution is 7.98. The molecule has 0 radical (unpaired) electrons. The lowest BCUT2D eigenvalue weighted by molar-refractivity contribution is -0.385. The van der Waals surface area contributed by atoms with Gasteiger partial charge in [0.2, 0.25) is 0 Å². The number of nitro groups is 1. The van der Waals surface area contributed by atoms with Gasteiger partial charge < -0.3 is 5.32 Å². The Morgan fingerprint density at radius 2 is 2.04 bits per heavy atom. The Bertz CT molecular complexity index is 758. The molecule has 2 aromatic carbocycles. The van der Waals surface area contributed by atoms with Crippen LogP contribution in [0.25, 0.3) is 0 Å². The second-order valence-corrected chi connectivity index (χ2v) is 6.36. The molecule has 0 aliphatic rings. The van der Waals surface area contributed by atoms with Crippen LogP contribution in [-0.4, -0.2) is 23.1 Å². The zero-order valence-corrected chi connectivity index (χ0v) is 14.1. The smallest absolute Gasteiger partial charge is 0.282 e. The van der Waals surface area contributed by atoms with Crippen LogP contribution >= 0.6 is 23.4 Å². The topological polar surface area (TPSA) is 72.2 Å². The predicted octanol–water partition coefficient (Wildman–Crippen LogP) is 4.05. The number of nitrogens with zero attached hydrogens (tertiary/aromatic N) is 1. The van der Waals surface area contributed by atoms with Gasteiger partial charge in [-0.3, -0.25) is 14.9 Å². The monoisotopic (exact) mass is 368 g/mol. The number of amides is 1. The minimum atomic E-state index is -0.627. The standard InChI is InChI=1S/C16H14ClFN2O3S/c17-12-5-6-15(20(22)23)13(9-12)16(21)19-7-8-24-10-11-3-1-2-4-14(11)18/h1-6,9H,7-8,10H2,(H,19,21). The lowest BCUT2D eigenvalue weighted by Crippen LogP contribution is -2.26. The molecule has 0 atom stereocenters. The van der Waals surface area contributed by atoms with Crippen LogP contribution in [0.2, 0.25) is 5.02 Å². The summed E-state index contributed by atoms with van der Waals surface area (Å²) in [7, 11) is 0. The number of rotatable bonds is 7. The van der Waals surface area contributed by atoms with Crippen LogP contribution in [-0.2, 0) is 5.75 Å². The van der Waals surface area contributed by atoms with E-state index >= 15 is 0 Å². The fourth-order valence-corrected chi connectivity index (χ4v) is 3.00. The summed E-state index contributed by atoms with van der Waals surface area (Å²) in [5.74, 6) is 0.216. The second kappa shape index (κ2) is 8.65. The average molecular weight is 369 g/mol. The van der Waals surface area contributed by atoms with Crippen molar-refractivity contribution in [2.24, 2.45) is 0 Å². The highest BCUT2D eigenvalue weighted by Crippen LogP contribution is 2.22. The first kappa shape index (κ1) is 18.2. The SMILES string of the molecule is O=C(NCCSCc1ccccc1F)c1cc(Cl)ccc1[N+](=O)[O-]. The van der Waals surface area contributed by atoms with Crippen LogP contribution in [0.1, 0.15) is 15.9 Å². The third-order valence-electron chi connectivity index (χ3n) is 3.15. The molecule has 24 heavy (non-hydrogen) atoms. The van der Waals surface area contributed by atoms with Crippen LogP contribution in [0.5, 0.6) is 0 Å². The van der Waals surface area contributed by atoms with Crippen molar-refractivity contribution in [2.75, 3.05) is 12.3 Å². The van der Waals surface area contributed by atoms with E-state index in [0.717, 1.165) is 0 Å². The van der Waals surface area contributed by atoms with Crippen LogP contribution < -0.4 is 5.32 Å². The maximum atomic E-state index is 13.4. The van der Waals surface area contributed by atoms with E-state index in [1.54, 1.807) is 18.2 Å². The summed E-state index contributed by atoms with van der Waals surface area (Å²) in [5, 5.41) is 13.8. The zero-order chi connectivity index (χ0) is 17.5. The van der Waals surface area contributed by atoms with Crippen molar-refractivity contribution >= 4 is 35.0 Å². The lowest BCUT2D eigenvalue weighted by Gasteiger charge is -2.07.